The van der Waals surface area contributed by atoms with Crippen LogP contribution in [-0.4, -0.2) is 20.3 Å². The third kappa shape index (κ3) is 3.40. The molecule has 3 rings (SSSR count). The fourth-order valence-electron chi connectivity index (χ4n) is 1.82. The van der Waals surface area contributed by atoms with E-state index in [2.05, 4.69) is 46.9 Å². The molecule has 0 unspecified atom stereocenters. The van der Waals surface area contributed by atoms with Crippen molar-refractivity contribution in [1.82, 2.24) is 20.3 Å². The maximum atomic E-state index is 4.99. The van der Waals surface area contributed by atoms with Crippen molar-refractivity contribution < 1.29 is 4.52 Å². The van der Waals surface area contributed by atoms with E-state index in [0.717, 1.165) is 15.7 Å². The molecule has 0 saturated carbocycles. The Kier molecular flexibility index (Phi) is 4.01. The molecular weight excluding hydrogens is 348 g/mol. The Morgan fingerprint density at radius 2 is 1.95 bits per heavy atom. The molecule has 7 nitrogen and oxygen atoms in total. The van der Waals surface area contributed by atoms with Crippen molar-refractivity contribution >= 4 is 39.2 Å². The monoisotopic (exact) mass is 360 g/mol. The Balaban J connectivity index is 1.77. The summed E-state index contributed by atoms with van der Waals surface area (Å²) in [5.41, 5.74) is 2.00. The number of nitrogens with zero attached hydrogens (tertiary/aromatic N) is 4. The van der Waals surface area contributed by atoms with Gasteiger partial charge in [0.15, 0.2) is 11.6 Å². The molecule has 0 aliphatic heterocycles. The highest BCUT2D eigenvalue weighted by molar-refractivity contribution is 9.10. The number of hydrogen-bond donors (Lipinski definition) is 2. The van der Waals surface area contributed by atoms with Crippen molar-refractivity contribution in [2.75, 3.05) is 10.6 Å². The van der Waals surface area contributed by atoms with Crippen LogP contribution in [-0.2, 0) is 0 Å². The lowest BCUT2D eigenvalue weighted by Crippen LogP contribution is -2.02. The molecule has 0 spiro atoms. The van der Waals surface area contributed by atoms with Gasteiger partial charge in [-0.15, -0.1) is 5.10 Å². The Morgan fingerprint density at radius 1 is 1.09 bits per heavy atom. The van der Waals surface area contributed by atoms with Gasteiger partial charge in [-0.1, -0.05) is 21.1 Å². The lowest BCUT2D eigenvalue weighted by Gasteiger charge is -2.07. The van der Waals surface area contributed by atoms with Crippen molar-refractivity contribution in [1.29, 1.82) is 0 Å². The minimum Gasteiger partial charge on any atom is -0.360 e. The first-order valence-electron chi connectivity index (χ1n) is 6.53. The number of nitrogens with one attached hydrogen (secondary N) is 2. The van der Waals surface area contributed by atoms with Gasteiger partial charge in [-0.05, 0) is 37.6 Å². The van der Waals surface area contributed by atoms with Crippen LogP contribution in [0.5, 0.6) is 0 Å². The number of hydrogen-bond acceptors (Lipinski definition) is 7. The Morgan fingerprint density at radius 3 is 2.68 bits per heavy atom. The molecule has 2 N–H and O–H groups in total. The van der Waals surface area contributed by atoms with Gasteiger partial charge >= 0.3 is 0 Å². The molecule has 0 amide bonds. The zero-order valence-electron chi connectivity index (χ0n) is 12.0. The molecule has 2 heterocycles. The van der Waals surface area contributed by atoms with Gasteiger partial charge < -0.3 is 15.2 Å². The summed E-state index contributed by atoms with van der Waals surface area (Å²) in [5.74, 6) is 2.21. The van der Waals surface area contributed by atoms with Crippen molar-refractivity contribution in [2.45, 2.75) is 13.8 Å². The molecule has 0 saturated heterocycles. The second-order valence-corrected chi connectivity index (χ2v) is 5.56. The third-order valence-electron chi connectivity index (χ3n) is 2.86. The number of rotatable bonds is 4. The highest BCUT2D eigenvalue weighted by Gasteiger charge is 2.05. The SMILES string of the molecule is Cc1cc(Nc2cnnc(Nc3ccc(Br)c(C)c3)n2)no1. The summed E-state index contributed by atoms with van der Waals surface area (Å²) in [7, 11) is 0. The van der Waals surface area contributed by atoms with Gasteiger partial charge in [-0.25, -0.2) is 0 Å². The number of anilines is 4. The lowest BCUT2D eigenvalue weighted by molar-refractivity contribution is 0.400. The summed E-state index contributed by atoms with van der Waals surface area (Å²) in [6.45, 7) is 3.83. The van der Waals surface area contributed by atoms with Crippen LogP contribution in [0.15, 0.2) is 39.5 Å². The van der Waals surface area contributed by atoms with Gasteiger partial charge in [0, 0.05) is 16.2 Å². The molecule has 0 bridgehead atoms. The van der Waals surface area contributed by atoms with E-state index in [1.807, 2.05) is 32.0 Å². The minimum absolute atomic E-state index is 0.395. The van der Waals surface area contributed by atoms with Crippen LogP contribution < -0.4 is 10.6 Å². The van der Waals surface area contributed by atoms with E-state index in [1.54, 1.807) is 6.07 Å². The number of benzene rings is 1. The Hall–Kier alpha value is -2.48. The first-order chi connectivity index (χ1) is 10.6. The van der Waals surface area contributed by atoms with E-state index in [-0.39, 0.29) is 0 Å². The summed E-state index contributed by atoms with van der Waals surface area (Å²) in [6.07, 6.45) is 1.52. The third-order valence-corrected chi connectivity index (χ3v) is 3.75. The Bertz CT molecular complexity index is 804. The van der Waals surface area contributed by atoms with Crippen molar-refractivity contribution in [3.8, 4) is 0 Å². The predicted molar refractivity (Wildman–Crippen MR) is 86.5 cm³/mol. The van der Waals surface area contributed by atoms with Crippen LogP contribution in [0.1, 0.15) is 11.3 Å². The molecule has 0 atom stereocenters. The average molecular weight is 361 g/mol. The fraction of sp³-hybridized carbons (Fsp3) is 0.143. The molecule has 112 valence electrons. The van der Waals surface area contributed by atoms with Gasteiger partial charge in [0.25, 0.3) is 0 Å². The lowest BCUT2D eigenvalue weighted by atomic mass is 10.2. The maximum absolute atomic E-state index is 4.99. The summed E-state index contributed by atoms with van der Waals surface area (Å²) in [6, 6.07) is 7.66. The van der Waals surface area contributed by atoms with Crippen molar-refractivity contribution in [3.63, 3.8) is 0 Å². The Labute approximate surface area is 135 Å². The zero-order chi connectivity index (χ0) is 15.5. The van der Waals surface area contributed by atoms with Gasteiger partial charge in [0.05, 0.1) is 6.20 Å². The first kappa shape index (κ1) is 14.5. The molecule has 0 aliphatic rings. The predicted octanol–water partition coefficient (Wildman–Crippen LogP) is 3.73. The van der Waals surface area contributed by atoms with Crippen molar-refractivity contribution in [2.24, 2.45) is 0 Å². The summed E-state index contributed by atoms with van der Waals surface area (Å²) in [5, 5.41) is 17.8. The van der Waals surface area contributed by atoms with Crippen LogP contribution in [0.2, 0.25) is 0 Å². The van der Waals surface area contributed by atoms with E-state index in [0.29, 0.717) is 23.3 Å². The van der Waals surface area contributed by atoms with Crippen molar-refractivity contribution in [3.05, 3.63) is 46.3 Å². The first-order valence-corrected chi connectivity index (χ1v) is 7.33. The van der Waals surface area contributed by atoms with Crippen LogP contribution in [0, 0.1) is 13.8 Å². The second kappa shape index (κ2) is 6.10. The van der Waals surface area contributed by atoms with Gasteiger partial charge in [0.1, 0.15) is 5.76 Å². The van der Waals surface area contributed by atoms with E-state index in [1.165, 1.54) is 6.20 Å². The quantitative estimate of drug-likeness (QED) is 0.732. The summed E-state index contributed by atoms with van der Waals surface area (Å²) in [4.78, 5) is 4.34. The standard InChI is InChI=1S/C14H13BrN6O/c1-8-5-10(3-4-11(8)15)17-14-19-13(7-16-20-14)18-12-6-9(2)22-21-12/h3-7H,1-2H3,(H2,17,18,19,20,21). The van der Waals surface area contributed by atoms with E-state index in [9.17, 15) is 0 Å². The fourth-order valence-corrected chi connectivity index (χ4v) is 2.07. The molecule has 2 aromatic heterocycles. The molecule has 0 aliphatic carbocycles. The smallest absolute Gasteiger partial charge is 0.249 e. The molecule has 22 heavy (non-hydrogen) atoms. The molecule has 8 heteroatoms. The van der Waals surface area contributed by atoms with Crippen LogP contribution in [0.4, 0.5) is 23.3 Å². The maximum Gasteiger partial charge on any atom is 0.249 e. The number of aryl methyl sites for hydroxylation is 2. The summed E-state index contributed by atoms with van der Waals surface area (Å²) < 4.78 is 6.04. The number of aromatic nitrogens is 4. The highest BCUT2D eigenvalue weighted by Crippen LogP contribution is 2.22. The molecular formula is C14H13BrN6O. The minimum atomic E-state index is 0.395. The van der Waals surface area contributed by atoms with E-state index in [4.69, 9.17) is 4.52 Å². The zero-order valence-corrected chi connectivity index (χ0v) is 13.5. The normalized spacial score (nSPS) is 10.5. The largest absolute Gasteiger partial charge is 0.360 e. The van der Waals surface area contributed by atoms with E-state index < -0.39 is 0 Å². The average Bonchev–Trinajstić information content (AvgIpc) is 2.89. The van der Waals surface area contributed by atoms with Gasteiger partial charge in [-0.3, -0.25) is 0 Å². The van der Waals surface area contributed by atoms with Crippen LogP contribution in [0.25, 0.3) is 0 Å². The summed E-state index contributed by atoms with van der Waals surface area (Å²) >= 11 is 3.47. The van der Waals surface area contributed by atoms with E-state index >= 15 is 0 Å². The van der Waals surface area contributed by atoms with Crippen LogP contribution >= 0.6 is 15.9 Å². The van der Waals surface area contributed by atoms with Gasteiger partial charge in [-0.2, -0.15) is 10.1 Å². The molecule has 3 aromatic rings. The van der Waals surface area contributed by atoms with Gasteiger partial charge in [0.2, 0.25) is 5.95 Å². The molecule has 0 radical (unpaired) electrons. The topological polar surface area (TPSA) is 88.8 Å². The number of halogens is 1. The molecule has 1 aromatic carbocycles. The second-order valence-electron chi connectivity index (χ2n) is 4.70. The molecule has 0 fully saturated rings. The van der Waals surface area contributed by atoms with Crippen LogP contribution in [0.3, 0.4) is 0 Å². The highest BCUT2D eigenvalue weighted by atomic mass is 79.9.